The number of primary amides is 1. The van der Waals surface area contributed by atoms with Gasteiger partial charge in [-0.2, -0.15) is 0 Å². The summed E-state index contributed by atoms with van der Waals surface area (Å²) in [5.74, 6) is -0.284. The first-order valence-corrected chi connectivity index (χ1v) is 8.16. The van der Waals surface area contributed by atoms with Crippen molar-refractivity contribution in [3.63, 3.8) is 0 Å². The fourth-order valence-electron chi connectivity index (χ4n) is 1.99. The van der Waals surface area contributed by atoms with Crippen LogP contribution in [0.3, 0.4) is 0 Å². The number of hydrogen-bond acceptors (Lipinski definition) is 5. The summed E-state index contributed by atoms with van der Waals surface area (Å²) in [6.07, 6.45) is 8.57. The van der Waals surface area contributed by atoms with E-state index in [1.807, 2.05) is 0 Å². The lowest BCUT2D eigenvalue weighted by Crippen LogP contribution is -2.48. The Balaban J connectivity index is 2.41. The van der Waals surface area contributed by atoms with Gasteiger partial charge in [0, 0.05) is 12.0 Å². The van der Waals surface area contributed by atoms with E-state index >= 15 is 0 Å². The van der Waals surface area contributed by atoms with Crippen molar-refractivity contribution < 1.29 is 24.0 Å². The Bertz CT molecular complexity index is 809. The normalized spacial score (nSPS) is 11.1. The fourth-order valence-corrected chi connectivity index (χ4v) is 1.99. The van der Waals surface area contributed by atoms with Gasteiger partial charge in [0.05, 0.1) is 13.1 Å². The summed E-state index contributed by atoms with van der Waals surface area (Å²) in [6, 6.07) is 5.36. The van der Waals surface area contributed by atoms with Gasteiger partial charge in [-0.05, 0) is 23.8 Å². The second kappa shape index (κ2) is 11.6. The maximum atomic E-state index is 12.0. The largest absolute Gasteiger partial charge is 0.368 e. The van der Waals surface area contributed by atoms with Crippen LogP contribution in [0.2, 0.25) is 0 Å². The van der Waals surface area contributed by atoms with E-state index < -0.39 is 36.2 Å². The second-order valence-corrected chi connectivity index (χ2v) is 5.51. The summed E-state index contributed by atoms with van der Waals surface area (Å²) < 4.78 is 0. The molecule has 0 heterocycles. The molecule has 0 aromatic heterocycles. The van der Waals surface area contributed by atoms with Gasteiger partial charge in [0.1, 0.15) is 12.3 Å². The highest BCUT2D eigenvalue weighted by molar-refractivity contribution is 5.97. The number of rotatable bonds is 10. The van der Waals surface area contributed by atoms with E-state index in [0.29, 0.717) is 11.8 Å². The zero-order chi connectivity index (χ0) is 20.9. The molecule has 0 aliphatic heterocycles. The van der Waals surface area contributed by atoms with Crippen molar-refractivity contribution in [2.45, 2.75) is 12.5 Å². The Morgan fingerprint density at radius 2 is 1.71 bits per heavy atom. The minimum Gasteiger partial charge on any atom is -0.368 e. The van der Waals surface area contributed by atoms with Gasteiger partial charge in [-0.3, -0.25) is 24.0 Å². The highest BCUT2D eigenvalue weighted by Gasteiger charge is 2.17. The van der Waals surface area contributed by atoms with Crippen LogP contribution in [0.15, 0.2) is 30.3 Å². The summed E-state index contributed by atoms with van der Waals surface area (Å²) >= 11 is 0. The van der Waals surface area contributed by atoms with Crippen molar-refractivity contribution in [1.29, 1.82) is 0 Å². The third-order valence-electron chi connectivity index (χ3n) is 3.40. The molecule has 0 saturated heterocycles. The predicted octanol–water partition coefficient (Wildman–Crippen LogP) is -1.26. The second-order valence-electron chi connectivity index (χ2n) is 5.51. The number of benzene rings is 1. The van der Waals surface area contributed by atoms with Crippen LogP contribution in [0.5, 0.6) is 0 Å². The highest BCUT2D eigenvalue weighted by atomic mass is 16.2. The number of aldehydes is 1. The number of carbonyl (C=O) groups is 5. The van der Waals surface area contributed by atoms with Crippen LogP contribution in [-0.4, -0.2) is 49.0 Å². The van der Waals surface area contributed by atoms with Gasteiger partial charge < -0.3 is 21.7 Å². The molecule has 0 bridgehead atoms. The summed E-state index contributed by atoms with van der Waals surface area (Å²) in [4.78, 5) is 56.8. The lowest BCUT2D eigenvalue weighted by Gasteiger charge is -2.13. The maximum absolute atomic E-state index is 12.0. The monoisotopic (exact) mass is 384 g/mol. The van der Waals surface area contributed by atoms with E-state index in [0.717, 1.165) is 5.56 Å². The molecule has 0 spiro atoms. The first-order chi connectivity index (χ1) is 13.4. The quantitative estimate of drug-likeness (QED) is 0.226. The van der Waals surface area contributed by atoms with Gasteiger partial charge in [0.15, 0.2) is 0 Å². The Hall–Kier alpha value is -3.93. The zero-order valence-electron chi connectivity index (χ0n) is 14.9. The van der Waals surface area contributed by atoms with Crippen molar-refractivity contribution in [2.75, 3.05) is 13.1 Å². The highest BCUT2D eigenvalue weighted by Crippen LogP contribution is 2.05. The van der Waals surface area contributed by atoms with E-state index in [1.165, 1.54) is 6.08 Å². The number of nitrogens with two attached hydrogens (primary N) is 1. The molecule has 1 aromatic rings. The number of hydrogen-bond donors (Lipinski definition) is 4. The Morgan fingerprint density at radius 3 is 2.29 bits per heavy atom. The molecule has 146 valence electrons. The van der Waals surface area contributed by atoms with Crippen molar-refractivity contribution >= 4 is 36.0 Å². The topological polar surface area (TPSA) is 147 Å². The van der Waals surface area contributed by atoms with E-state index in [2.05, 4.69) is 21.9 Å². The summed E-state index contributed by atoms with van der Waals surface area (Å²) in [6.45, 7) is -0.747. The van der Waals surface area contributed by atoms with Crippen molar-refractivity contribution in [2.24, 2.45) is 5.73 Å². The average Bonchev–Trinajstić information content (AvgIpc) is 2.68. The number of terminal acetylenes is 1. The van der Waals surface area contributed by atoms with E-state index in [-0.39, 0.29) is 13.0 Å². The van der Waals surface area contributed by atoms with Crippen LogP contribution >= 0.6 is 0 Å². The van der Waals surface area contributed by atoms with Gasteiger partial charge in [-0.15, -0.1) is 12.3 Å². The number of allylic oxidation sites excluding steroid dienone is 1. The molecule has 0 aliphatic rings. The molecular formula is C19H20N4O5. The van der Waals surface area contributed by atoms with E-state index in [1.54, 1.807) is 30.3 Å². The zero-order valence-corrected chi connectivity index (χ0v) is 14.9. The molecule has 0 saturated carbocycles. The molecule has 28 heavy (non-hydrogen) atoms. The summed E-state index contributed by atoms with van der Waals surface area (Å²) in [7, 11) is 0. The first kappa shape index (κ1) is 22.1. The molecule has 9 heteroatoms. The van der Waals surface area contributed by atoms with Gasteiger partial charge in [-0.25, -0.2) is 0 Å². The third-order valence-corrected chi connectivity index (χ3v) is 3.40. The maximum Gasteiger partial charge on any atom is 0.251 e. The van der Waals surface area contributed by atoms with Gasteiger partial charge in [0.2, 0.25) is 17.7 Å². The molecule has 1 atom stereocenters. The number of carbonyl (C=O) groups excluding carboxylic acids is 5. The lowest BCUT2D eigenvalue weighted by atomic mass is 10.1. The van der Waals surface area contributed by atoms with Crippen LogP contribution in [0.25, 0.3) is 6.08 Å². The third kappa shape index (κ3) is 7.97. The first-order valence-electron chi connectivity index (χ1n) is 8.16. The smallest absolute Gasteiger partial charge is 0.251 e. The molecule has 0 radical (unpaired) electrons. The fraction of sp³-hybridized carbons (Fsp3) is 0.211. The van der Waals surface area contributed by atoms with Crippen LogP contribution in [0.1, 0.15) is 22.3 Å². The van der Waals surface area contributed by atoms with Gasteiger partial charge in [-0.1, -0.05) is 18.2 Å². The summed E-state index contributed by atoms with van der Waals surface area (Å²) in [5.41, 5.74) is 6.16. The molecule has 1 aromatic carbocycles. The number of amides is 4. The van der Waals surface area contributed by atoms with Gasteiger partial charge >= 0.3 is 0 Å². The van der Waals surface area contributed by atoms with Crippen LogP contribution in [-0.2, 0) is 19.2 Å². The van der Waals surface area contributed by atoms with Crippen molar-refractivity contribution in [3.8, 4) is 12.3 Å². The Labute approximate surface area is 161 Å². The molecule has 5 N–H and O–H groups in total. The lowest BCUT2D eigenvalue weighted by molar-refractivity contribution is -0.128. The van der Waals surface area contributed by atoms with E-state index in [9.17, 15) is 24.0 Å². The van der Waals surface area contributed by atoms with Crippen LogP contribution in [0.4, 0.5) is 0 Å². The predicted molar refractivity (Wildman–Crippen MR) is 101 cm³/mol. The minimum atomic E-state index is -1.02. The Kier molecular flexibility index (Phi) is 9.19. The SMILES string of the molecule is C#CC[C@H](NC(=O)CNC(=O)CNC(=O)c1ccc(/C=C/C=O)cc1)C(N)=O. The molecule has 4 amide bonds. The van der Waals surface area contributed by atoms with E-state index in [4.69, 9.17) is 12.2 Å². The molecule has 0 unspecified atom stereocenters. The summed E-state index contributed by atoms with van der Waals surface area (Å²) in [5, 5.41) is 7.00. The van der Waals surface area contributed by atoms with Crippen LogP contribution in [0, 0.1) is 12.3 Å². The van der Waals surface area contributed by atoms with Crippen molar-refractivity contribution in [3.05, 3.63) is 41.5 Å². The van der Waals surface area contributed by atoms with Crippen LogP contribution < -0.4 is 21.7 Å². The molecule has 0 aliphatic carbocycles. The molecular weight excluding hydrogens is 364 g/mol. The molecule has 9 nitrogen and oxygen atoms in total. The standard InChI is InChI=1S/C19H20N4O5/c1-2-4-15(18(20)27)23-17(26)12-21-16(25)11-22-19(28)14-8-6-13(7-9-14)5-3-10-24/h1,3,5-10,15H,4,11-12H2,(H2,20,27)(H,21,25)(H,22,28)(H,23,26)/b5-3+/t15-/m0/s1. The van der Waals surface area contributed by atoms with Gasteiger partial charge in [0.25, 0.3) is 5.91 Å². The molecule has 1 rings (SSSR count). The van der Waals surface area contributed by atoms with Crippen molar-refractivity contribution in [1.82, 2.24) is 16.0 Å². The Morgan fingerprint density at radius 1 is 1.07 bits per heavy atom. The minimum absolute atomic E-state index is 0.0607. The average molecular weight is 384 g/mol. The number of nitrogens with one attached hydrogen (secondary N) is 3. The molecule has 0 fully saturated rings.